The van der Waals surface area contributed by atoms with Gasteiger partial charge < -0.3 is 10.6 Å². The van der Waals surface area contributed by atoms with Gasteiger partial charge in [-0.1, -0.05) is 78.9 Å². The predicted molar refractivity (Wildman–Crippen MR) is 128 cm³/mol. The van der Waals surface area contributed by atoms with E-state index in [4.69, 9.17) is 5.41 Å². The average Bonchev–Trinajstić information content (AvgIpc) is 3.21. The Morgan fingerprint density at radius 3 is 2.40 bits per heavy atom. The van der Waals surface area contributed by atoms with Gasteiger partial charge in [0.1, 0.15) is 0 Å². The van der Waals surface area contributed by atoms with Crippen molar-refractivity contribution >= 4 is 40.3 Å². The number of benzene rings is 4. The molecule has 3 N–H and O–H groups in total. The van der Waals surface area contributed by atoms with Gasteiger partial charge in [0.2, 0.25) is 0 Å². The molecule has 4 aromatic rings. The van der Waals surface area contributed by atoms with Crippen molar-refractivity contribution in [1.29, 1.82) is 5.41 Å². The van der Waals surface area contributed by atoms with E-state index in [2.05, 4.69) is 83.4 Å². The van der Waals surface area contributed by atoms with Crippen molar-refractivity contribution in [3.05, 3.63) is 107 Å². The van der Waals surface area contributed by atoms with Crippen molar-refractivity contribution in [2.24, 2.45) is 0 Å². The first kappa shape index (κ1) is 18.2. The number of hydrogen-bond acceptors (Lipinski definition) is 1. The van der Waals surface area contributed by atoms with Gasteiger partial charge in [-0.25, -0.2) is 0 Å². The van der Waals surface area contributed by atoms with Crippen LogP contribution in [0.5, 0.6) is 0 Å². The number of hydrogen-bond donors (Lipinski definition) is 3. The molecule has 3 heteroatoms. The van der Waals surface area contributed by atoms with Crippen LogP contribution in [0.15, 0.2) is 84.9 Å². The lowest BCUT2D eigenvalue weighted by Gasteiger charge is -2.14. The van der Waals surface area contributed by atoms with E-state index in [1.165, 1.54) is 27.5 Å². The molecule has 0 spiro atoms. The van der Waals surface area contributed by atoms with E-state index in [0.717, 1.165) is 29.8 Å². The summed E-state index contributed by atoms with van der Waals surface area (Å²) in [4.78, 5) is 0. The van der Waals surface area contributed by atoms with Crippen LogP contribution in [0.1, 0.15) is 22.3 Å². The fourth-order valence-corrected chi connectivity index (χ4v) is 4.08. The van der Waals surface area contributed by atoms with E-state index >= 15 is 0 Å². The third kappa shape index (κ3) is 3.70. The summed E-state index contributed by atoms with van der Waals surface area (Å²) in [6, 6.07) is 29.3. The Bertz CT molecular complexity index is 1260. The molecular weight excluding hydrogens is 366 g/mol. The SMILES string of the molecule is N=C(Nc1cccc(CCc2ccccc2)c1)Nc1ccc2cccc3c2c1C=C3. The topological polar surface area (TPSA) is 47.9 Å². The van der Waals surface area contributed by atoms with E-state index in [0.29, 0.717) is 0 Å². The molecule has 3 nitrogen and oxygen atoms in total. The number of anilines is 2. The van der Waals surface area contributed by atoms with Gasteiger partial charge in [0.25, 0.3) is 0 Å². The van der Waals surface area contributed by atoms with Crippen molar-refractivity contribution in [3.8, 4) is 0 Å². The molecule has 1 aliphatic rings. The zero-order valence-electron chi connectivity index (χ0n) is 16.7. The van der Waals surface area contributed by atoms with E-state index in [1.54, 1.807) is 0 Å². The minimum Gasteiger partial charge on any atom is -0.326 e. The van der Waals surface area contributed by atoms with E-state index in [9.17, 15) is 0 Å². The summed E-state index contributed by atoms with van der Waals surface area (Å²) in [5.74, 6) is 0.267. The van der Waals surface area contributed by atoms with Crippen LogP contribution >= 0.6 is 0 Å². The Morgan fingerprint density at radius 1 is 0.700 bits per heavy atom. The molecule has 0 atom stereocenters. The third-order valence-corrected chi connectivity index (χ3v) is 5.55. The first-order valence-electron chi connectivity index (χ1n) is 10.3. The summed E-state index contributed by atoms with van der Waals surface area (Å²) in [5.41, 5.74) is 6.84. The van der Waals surface area contributed by atoms with Gasteiger partial charge in [0, 0.05) is 16.9 Å². The Hall–Kier alpha value is -3.85. The molecule has 5 rings (SSSR count). The second-order valence-corrected chi connectivity index (χ2v) is 7.62. The average molecular weight is 390 g/mol. The lowest BCUT2D eigenvalue weighted by Crippen LogP contribution is -2.21. The quantitative estimate of drug-likeness (QED) is 0.235. The minimum absolute atomic E-state index is 0.267. The van der Waals surface area contributed by atoms with Crippen LogP contribution in [0.3, 0.4) is 0 Å². The number of rotatable bonds is 5. The van der Waals surface area contributed by atoms with Crippen molar-refractivity contribution in [2.45, 2.75) is 12.8 Å². The first-order chi connectivity index (χ1) is 14.8. The maximum absolute atomic E-state index is 8.42. The molecule has 0 saturated carbocycles. The second kappa shape index (κ2) is 7.88. The largest absolute Gasteiger partial charge is 0.326 e. The highest BCUT2D eigenvalue weighted by molar-refractivity contribution is 6.11. The maximum Gasteiger partial charge on any atom is 0.197 e. The van der Waals surface area contributed by atoms with Gasteiger partial charge in [-0.3, -0.25) is 5.41 Å². The highest BCUT2D eigenvalue weighted by Crippen LogP contribution is 2.35. The predicted octanol–water partition coefficient (Wildman–Crippen LogP) is 6.57. The molecule has 0 bridgehead atoms. The summed E-state index contributed by atoms with van der Waals surface area (Å²) < 4.78 is 0. The Balaban J connectivity index is 1.28. The monoisotopic (exact) mass is 389 g/mol. The molecule has 0 saturated heterocycles. The molecule has 1 aliphatic carbocycles. The van der Waals surface area contributed by atoms with Gasteiger partial charge >= 0.3 is 0 Å². The molecule has 0 radical (unpaired) electrons. The standard InChI is InChI=1S/C27H23N3/c28-27(30-25-17-15-22-10-5-9-21-14-16-24(25)26(21)22)29-23-11-4-8-20(18-23)13-12-19-6-2-1-3-7-19/h1-11,14-18H,12-13H2,(H3,28,29,30). The summed E-state index contributed by atoms with van der Waals surface area (Å²) >= 11 is 0. The molecule has 0 fully saturated rings. The molecule has 0 heterocycles. The maximum atomic E-state index is 8.42. The lowest BCUT2D eigenvalue weighted by atomic mass is 10.0. The van der Waals surface area contributed by atoms with E-state index in [1.807, 2.05) is 24.3 Å². The van der Waals surface area contributed by atoms with Crippen LogP contribution in [0.25, 0.3) is 22.9 Å². The Labute approximate surface area is 176 Å². The van der Waals surface area contributed by atoms with Crippen molar-refractivity contribution in [3.63, 3.8) is 0 Å². The second-order valence-electron chi connectivity index (χ2n) is 7.62. The van der Waals surface area contributed by atoms with Crippen molar-refractivity contribution in [2.75, 3.05) is 10.6 Å². The molecule has 146 valence electrons. The third-order valence-electron chi connectivity index (χ3n) is 5.55. The summed E-state index contributed by atoms with van der Waals surface area (Å²) in [7, 11) is 0. The molecular formula is C27H23N3. The van der Waals surface area contributed by atoms with E-state index < -0.39 is 0 Å². The van der Waals surface area contributed by atoms with Gasteiger partial charge in [-0.15, -0.1) is 0 Å². The van der Waals surface area contributed by atoms with Crippen LogP contribution in [-0.2, 0) is 12.8 Å². The fraction of sp³-hybridized carbons (Fsp3) is 0.0741. The smallest absolute Gasteiger partial charge is 0.197 e. The van der Waals surface area contributed by atoms with Crippen molar-refractivity contribution in [1.82, 2.24) is 0 Å². The van der Waals surface area contributed by atoms with Gasteiger partial charge in [-0.05, 0) is 58.5 Å². The number of guanidine groups is 1. The number of nitrogens with one attached hydrogen (secondary N) is 3. The fourth-order valence-electron chi connectivity index (χ4n) is 4.08. The molecule has 0 unspecified atom stereocenters. The molecule has 0 aromatic heterocycles. The summed E-state index contributed by atoms with van der Waals surface area (Å²) in [6.07, 6.45) is 6.24. The van der Waals surface area contributed by atoms with E-state index in [-0.39, 0.29) is 5.96 Å². The zero-order chi connectivity index (χ0) is 20.3. The summed E-state index contributed by atoms with van der Waals surface area (Å²) in [5, 5.41) is 17.3. The normalized spacial score (nSPS) is 11.6. The molecule has 0 amide bonds. The van der Waals surface area contributed by atoms with Crippen LogP contribution in [0, 0.1) is 5.41 Å². The van der Waals surface area contributed by atoms with Crippen LogP contribution in [-0.4, -0.2) is 5.96 Å². The Kier molecular flexibility index (Phi) is 4.78. The highest BCUT2D eigenvalue weighted by atomic mass is 15.1. The first-order valence-corrected chi connectivity index (χ1v) is 10.3. The summed E-state index contributed by atoms with van der Waals surface area (Å²) in [6.45, 7) is 0. The lowest BCUT2D eigenvalue weighted by molar-refractivity contribution is 0.961. The Morgan fingerprint density at radius 2 is 1.50 bits per heavy atom. The van der Waals surface area contributed by atoms with Gasteiger partial charge in [0.15, 0.2) is 5.96 Å². The highest BCUT2D eigenvalue weighted by Gasteiger charge is 2.13. The van der Waals surface area contributed by atoms with Crippen LogP contribution < -0.4 is 10.6 Å². The van der Waals surface area contributed by atoms with Crippen molar-refractivity contribution < 1.29 is 0 Å². The number of aryl methyl sites for hydroxylation is 2. The molecule has 4 aromatic carbocycles. The zero-order valence-corrected chi connectivity index (χ0v) is 16.7. The van der Waals surface area contributed by atoms with Crippen LogP contribution in [0.2, 0.25) is 0 Å². The van der Waals surface area contributed by atoms with Crippen LogP contribution in [0.4, 0.5) is 11.4 Å². The molecule has 30 heavy (non-hydrogen) atoms. The minimum atomic E-state index is 0.267. The van der Waals surface area contributed by atoms with Gasteiger partial charge in [-0.2, -0.15) is 0 Å². The molecule has 0 aliphatic heterocycles. The van der Waals surface area contributed by atoms with Gasteiger partial charge in [0.05, 0.1) is 0 Å².